The van der Waals surface area contributed by atoms with E-state index in [0.29, 0.717) is 18.4 Å². The minimum Gasteiger partial charge on any atom is -0.336 e. The largest absolute Gasteiger partial charge is 0.336 e. The van der Waals surface area contributed by atoms with Crippen molar-refractivity contribution in [2.45, 2.75) is 58.0 Å². The van der Waals surface area contributed by atoms with E-state index >= 15 is 0 Å². The molecule has 2 fully saturated rings. The van der Waals surface area contributed by atoms with Crippen molar-refractivity contribution >= 4 is 5.91 Å². The molecule has 110 valence electrons. The lowest BCUT2D eigenvalue weighted by atomic mass is 9.83. The normalized spacial score (nSPS) is 28.4. The van der Waals surface area contributed by atoms with Gasteiger partial charge in [0.15, 0.2) is 0 Å². The Labute approximate surface area is 117 Å². The zero-order valence-corrected chi connectivity index (χ0v) is 12.7. The lowest BCUT2D eigenvalue weighted by Crippen LogP contribution is -2.65. The van der Waals surface area contributed by atoms with Crippen molar-refractivity contribution in [2.24, 2.45) is 0 Å². The molecule has 0 radical (unpaired) electrons. The van der Waals surface area contributed by atoms with Crippen molar-refractivity contribution in [3.63, 3.8) is 0 Å². The summed E-state index contributed by atoms with van der Waals surface area (Å²) in [6, 6.07) is 0.518. The average molecular weight is 267 g/mol. The number of carbonyl (C=O) groups excluding carboxylic acids is 1. The van der Waals surface area contributed by atoms with Gasteiger partial charge in [0.2, 0.25) is 5.91 Å². The number of nitrogens with zero attached hydrogens (tertiary/aromatic N) is 2. The summed E-state index contributed by atoms with van der Waals surface area (Å²) in [6.45, 7) is 11.9. The van der Waals surface area contributed by atoms with Gasteiger partial charge in [-0.2, -0.15) is 0 Å². The quantitative estimate of drug-likeness (QED) is 0.841. The zero-order valence-electron chi connectivity index (χ0n) is 12.7. The Bertz CT molecular complexity index is 311. The number of amides is 1. The van der Waals surface area contributed by atoms with Crippen LogP contribution in [0.3, 0.4) is 0 Å². The van der Waals surface area contributed by atoms with E-state index in [1.807, 2.05) is 0 Å². The fourth-order valence-corrected chi connectivity index (χ4v) is 3.68. The van der Waals surface area contributed by atoms with Crippen LogP contribution in [-0.4, -0.2) is 60.0 Å². The maximum atomic E-state index is 12.3. The molecule has 0 saturated carbocycles. The van der Waals surface area contributed by atoms with Crippen LogP contribution in [0.15, 0.2) is 0 Å². The predicted octanol–water partition coefficient (Wildman–Crippen LogP) is 1.46. The molecule has 2 heterocycles. The molecule has 0 aromatic carbocycles. The van der Waals surface area contributed by atoms with E-state index in [4.69, 9.17) is 0 Å². The molecule has 0 aromatic rings. The summed E-state index contributed by atoms with van der Waals surface area (Å²) >= 11 is 0. The fraction of sp³-hybridized carbons (Fsp3) is 0.933. The second-order valence-electron chi connectivity index (χ2n) is 6.39. The van der Waals surface area contributed by atoms with E-state index in [1.54, 1.807) is 0 Å². The van der Waals surface area contributed by atoms with Gasteiger partial charge in [-0.05, 0) is 33.1 Å². The van der Waals surface area contributed by atoms with E-state index in [9.17, 15) is 4.79 Å². The summed E-state index contributed by atoms with van der Waals surface area (Å²) in [6.07, 6.45) is 4.01. The van der Waals surface area contributed by atoms with Gasteiger partial charge in [-0.25, -0.2) is 0 Å². The van der Waals surface area contributed by atoms with Crippen LogP contribution in [0.4, 0.5) is 0 Å². The smallest absolute Gasteiger partial charge is 0.223 e. The highest BCUT2D eigenvalue weighted by atomic mass is 16.2. The van der Waals surface area contributed by atoms with Crippen LogP contribution in [0.25, 0.3) is 0 Å². The molecule has 1 amide bonds. The van der Waals surface area contributed by atoms with Crippen LogP contribution in [0, 0.1) is 0 Å². The number of rotatable bonds is 3. The van der Waals surface area contributed by atoms with E-state index in [2.05, 4.69) is 35.9 Å². The Morgan fingerprint density at radius 3 is 2.58 bits per heavy atom. The molecule has 0 aliphatic carbocycles. The minimum absolute atomic E-state index is 0.0259. The number of piperazine rings is 1. The standard InChI is InChI=1S/C15H29N3O/c1-4-6-14(19)18-10-5-7-13(15(18,2)3)17-11-8-16-9-12-17/h13,16H,4-12H2,1-3H3. The topological polar surface area (TPSA) is 35.6 Å². The lowest BCUT2D eigenvalue weighted by molar-refractivity contribution is -0.142. The highest BCUT2D eigenvalue weighted by Gasteiger charge is 2.43. The Morgan fingerprint density at radius 2 is 1.95 bits per heavy atom. The molecule has 2 aliphatic rings. The van der Waals surface area contributed by atoms with Crippen LogP contribution in [0.5, 0.6) is 0 Å². The van der Waals surface area contributed by atoms with Gasteiger partial charge in [0.25, 0.3) is 0 Å². The maximum Gasteiger partial charge on any atom is 0.223 e. The first kappa shape index (κ1) is 14.8. The molecule has 2 saturated heterocycles. The molecule has 0 spiro atoms. The molecule has 4 heteroatoms. The summed E-state index contributed by atoms with van der Waals surface area (Å²) in [7, 11) is 0. The molecule has 0 aromatic heterocycles. The number of carbonyl (C=O) groups is 1. The minimum atomic E-state index is -0.0259. The summed E-state index contributed by atoms with van der Waals surface area (Å²) in [5, 5.41) is 3.41. The average Bonchev–Trinajstić information content (AvgIpc) is 2.39. The van der Waals surface area contributed by atoms with Crippen molar-refractivity contribution < 1.29 is 4.79 Å². The molecule has 1 unspecified atom stereocenters. The number of likely N-dealkylation sites (tertiary alicyclic amines) is 1. The molecular weight excluding hydrogens is 238 g/mol. The third-order valence-corrected chi connectivity index (χ3v) is 4.73. The number of nitrogens with one attached hydrogen (secondary N) is 1. The Morgan fingerprint density at radius 1 is 1.26 bits per heavy atom. The van der Waals surface area contributed by atoms with Crippen molar-refractivity contribution in [3.05, 3.63) is 0 Å². The first-order valence-electron chi connectivity index (χ1n) is 7.82. The number of hydrogen-bond donors (Lipinski definition) is 1. The molecule has 1 atom stereocenters. The zero-order chi connectivity index (χ0) is 13.9. The predicted molar refractivity (Wildman–Crippen MR) is 78.2 cm³/mol. The summed E-state index contributed by atoms with van der Waals surface area (Å²) in [5.74, 6) is 0.340. The Kier molecular flexibility index (Phi) is 4.85. The molecule has 19 heavy (non-hydrogen) atoms. The van der Waals surface area contributed by atoms with Crippen molar-refractivity contribution in [1.82, 2.24) is 15.1 Å². The second-order valence-corrected chi connectivity index (χ2v) is 6.39. The summed E-state index contributed by atoms with van der Waals surface area (Å²) in [4.78, 5) is 17.1. The fourth-order valence-electron chi connectivity index (χ4n) is 3.68. The van der Waals surface area contributed by atoms with Crippen LogP contribution in [0.2, 0.25) is 0 Å². The Hall–Kier alpha value is -0.610. The van der Waals surface area contributed by atoms with Gasteiger partial charge in [0.05, 0.1) is 5.54 Å². The number of hydrogen-bond acceptors (Lipinski definition) is 3. The summed E-state index contributed by atoms with van der Waals surface area (Å²) < 4.78 is 0. The van der Waals surface area contributed by atoms with Gasteiger partial charge in [0, 0.05) is 45.2 Å². The van der Waals surface area contributed by atoms with Crippen LogP contribution in [-0.2, 0) is 4.79 Å². The van der Waals surface area contributed by atoms with Crippen LogP contribution in [0.1, 0.15) is 46.5 Å². The van der Waals surface area contributed by atoms with Gasteiger partial charge in [0.1, 0.15) is 0 Å². The van der Waals surface area contributed by atoms with Crippen molar-refractivity contribution in [3.8, 4) is 0 Å². The number of piperidine rings is 1. The second kappa shape index (κ2) is 6.23. The van der Waals surface area contributed by atoms with E-state index in [-0.39, 0.29) is 5.54 Å². The SMILES string of the molecule is CCCC(=O)N1CCCC(N2CCNCC2)C1(C)C. The van der Waals surface area contributed by atoms with Gasteiger partial charge < -0.3 is 10.2 Å². The van der Waals surface area contributed by atoms with E-state index < -0.39 is 0 Å². The first-order chi connectivity index (χ1) is 9.07. The van der Waals surface area contributed by atoms with E-state index in [0.717, 1.165) is 45.6 Å². The van der Waals surface area contributed by atoms with Crippen LogP contribution >= 0.6 is 0 Å². The van der Waals surface area contributed by atoms with Crippen molar-refractivity contribution in [2.75, 3.05) is 32.7 Å². The molecule has 0 bridgehead atoms. The summed E-state index contributed by atoms with van der Waals surface area (Å²) in [5.41, 5.74) is -0.0259. The third-order valence-electron chi connectivity index (χ3n) is 4.73. The molecular formula is C15H29N3O. The molecule has 1 N–H and O–H groups in total. The lowest BCUT2D eigenvalue weighted by Gasteiger charge is -2.52. The van der Waals surface area contributed by atoms with Crippen LogP contribution < -0.4 is 5.32 Å². The van der Waals surface area contributed by atoms with Gasteiger partial charge in [-0.3, -0.25) is 9.69 Å². The highest BCUT2D eigenvalue weighted by molar-refractivity contribution is 5.77. The highest BCUT2D eigenvalue weighted by Crippen LogP contribution is 2.32. The molecule has 4 nitrogen and oxygen atoms in total. The van der Waals surface area contributed by atoms with Gasteiger partial charge >= 0.3 is 0 Å². The van der Waals surface area contributed by atoms with Gasteiger partial charge in [-0.1, -0.05) is 6.92 Å². The molecule has 2 rings (SSSR count). The third kappa shape index (κ3) is 3.11. The Balaban J connectivity index is 2.09. The monoisotopic (exact) mass is 267 g/mol. The molecule has 2 aliphatic heterocycles. The van der Waals surface area contributed by atoms with Crippen molar-refractivity contribution in [1.29, 1.82) is 0 Å². The van der Waals surface area contributed by atoms with Gasteiger partial charge in [-0.15, -0.1) is 0 Å². The van der Waals surface area contributed by atoms with E-state index in [1.165, 1.54) is 6.42 Å². The maximum absolute atomic E-state index is 12.3. The first-order valence-corrected chi connectivity index (χ1v) is 7.82.